The first-order chi connectivity index (χ1) is 18.4. The van der Waals surface area contributed by atoms with Crippen LogP contribution in [-0.2, 0) is 27.3 Å². The number of ether oxygens (including phenoxy) is 1. The Morgan fingerprint density at radius 1 is 0.897 bits per heavy atom. The van der Waals surface area contributed by atoms with Crippen LogP contribution >= 0.6 is 0 Å². The van der Waals surface area contributed by atoms with Crippen molar-refractivity contribution in [2.45, 2.75) is 71.6 Å². The van der Waals surface area contributed by atoms with E-state index >= 15 is 0 Å². The number of alkyl carbamates (subject to hydrolysis) is 1. The molecule has 0 radical (unpaired) electrons. The zero-order valence-corrected chi connectivity index (χ0v) is 23.3. The van der Waals surface area contributed by atoms with Gasteiger partial charge in [-0.2, -0.15) is 0 Å². The Labute approximate surface area is 230 Å². The quantitative estimate of drug-likeness (QED) is 0.290. The number of ketones is 1. The summed E-state index contributed by atoms with van der Waals surface area (Å²) < 4.78 is 5.22. The van der Waals surface area contributed by atoms with Crippen molar-refractivity contribution in [1.82, 2.24) is 16.0 Å². The minimum absolute atomic E-state index is 0.0314. The van der Waals surface area contributed by atoms with E-state index < -0.39 is 23.6 Å². The Balaban J connectivity index is 1.65. The Hall–Kier alpha value is -3.72. The molecule has 0 bridgehead atoms. The number of hydrogen-bond donors (Lipinski definition) is 4. The van der Waals surface area contributed by atoms with Gasteiger partial charge >= 0.3 is 6.09 Å². The molecule has 4 N–H and O–H groups in total. The summed E-state index contributed by atoms with van der Waals surface area (Å²) in [5.41, 5.74) is 1.68. The fourth-order valence-electron chi connectivity index (χ4n) is 3.66. The van der Waals surface area contributed by atoms with E-state index in [2.05, 4.69) is 16.0 Å². The molecule has 0 heterocycles. The number of carbonyl (C=O) groups is 4. The van der Waals surface area contributed by atoms with Crippen LogP contribution in [0.3, 0.4) is 0 Å². The molecule has 0 saturated carbocycles. The van der Waals surface area contributed by atoms with Gasteiger partial charge in [0, 0.05) is 25.1 Å². The third-order valence-electron chi connectivity index (χ3n) is 5.88. The van der Waals surface area contributed by atoms with E-state index in [9.17, 15) is 24.3 Å². The number of rotatable bonds is 14. The molecule has 0 spiro atoms. The molecule has 9 nitrogen and oxygen atoms in total. The molecule has 2 rings (SSSR count). The van der Waals surface area contributed by atoms with Gasteiger partial charge in [-0.15, -0.1) is 0 Å². The summed E-state index contributed by atoms with van der Waals surface area (Å²) in [6.07, 6.45) is -0.0333. The summed E-state index contributed by atoms with van der Waals surface area (Å²) >= 11 is 0. The predicted octanol–water partition coefficient (Wildman–Crippen LogP) is 3.54. The van der Waals surface area contributed by atoms with E-state index in [4.69, 9.17) is 4.74 Å². The molecule has 0 aliphatic heterocycles. The summed E-state index contributed by atoms with van der Waals surface area (Å²) in [7, 11) is 0. The van der Waals surface area contributed by atoms with E-state index in [0.29, 0.717) is 31.4 Å². The molecule has 0 aliphatic carbocycles. The van der Waals surface area contributed by atoms with Crippen LogP contribution in [0, 0.1) is 5.92 Å². The number of Topliss-reactive ketones (excluding diaryl/α,β-unsaturated/α-hetero) is 1. The Bertz CT molecular complexity index is 1100. The average Bonchev–Trinajstić information content (AvgIpc) is 2.90. The van der Waals surface area contributed by atoms with E-state index in [1.807, 2.05) is 43.3 Å². The molecule has 9 heteroatoms. The van der Waals surface area contributed by atoms with Crippen molar-refractivity contribution in [2.24, 2.45) is 5.92 Å². The lowest BCUT2D eigenvalue weighted by Gasteiger charge is -2.19. The summed E-state index contributed by atoms with van der Waals surface area (Å²) in [5, 5.41) is 18.2. The normalized spacial score (nSPS) is 12.6. The van der Waals surface area contributed by atoms with Gasteiger partial charge in [-0.3, -0.25) is 14.4 Å². The van der Waals surface area contributed by atoms with Crippen molar-refractivity contribution < 1.29 is 29.0 Å². The number of nitrogens with one attached hydrogen (secondary N) is 3. The average molecular weight is 540 g/mol. The molecule has 0 aromatic heterocycles. The van der Waals surface area contributed by atoms with Gasteiger partial charge < -0.3 is 25.8 Å². The summed E-state index contributed by atoms with van der Waals surface area (Å²) in [6.45, 7) is 7.68. The molecule has 212 valence electrons. The van der Waals surface area contributed by atoms with Gasteiger partial charge in [0.25, 0.3) is 5.91 Å². The largest absolute Gasteiger partial charge is 0.444 e. The van der Waals surface area contributed by atoms with Gasteiger partial charge in [-0.25, -0.2) is 4.79 Å². The van der Waals surface area contributed by atoms with Crippen LogP contribution < -0.4 is 16.0 Å². The summed E-state index contributed by atoms with van der Waals surface area (Å²) in [6, 6.07) is 16.5. The van der Waals surface area contributed by atoms with Crippen molar-refractivity contribution in [1.29, 1.82) is 0 Å². The van der Waals surface area contributed by atoms with E-state index in [1.165, 1.54) is 0 Å². The molecule has 2 atom stereocenters. The molecular weight excluding hydrogens is 498 g/mol. The molecule has 39 heavy (non-hydrogen) atoms. The topological polar surface area (TPSA) is 134 Å². The number of aliphatic hydroxyl groups excluding tert-OH is 1. The molecule has 2 unspecified atom stereocenters. The molecule has 2 aromatic carbocycles. The lowest BCUT2D eigenvalue weighted by atomic mass is 10.0. The molecule has 3 amide bonds. The smallest absolute Gasteiger partial charge is 0.407 e. The van der Waals surface area contributed by atoms with Crippen LogP contribution in [0.1, 0.15) is 68.4 Å². The molecule has 0 saturated heterocycles. The first-order valence-electron chi connectivity index (χ1n) is 13.3. The van der Waals surface area contributed by atoms with Crippen LogP contribution in [-0.4, -0.2) is 53.6 Å². The van der Waals surface area contributed by atoms with Crippen molar-refractivity contribution in [3.05, 3.63) is 71.3 Å². The van der Waals surface area contributed by atoms with Crippen molar-refractivity contribution in [3.8, 4) is 0 Å². The zero-order valence-electron chi connectivity index (χ0n) is 23.3. The Morgan fingerprint density at radius 3 is 2.28 bits per heavy atom. The highest BCUT2D eigenvalue weighted by atomic mass is 16.6. The van der Waals surface area contributed by atoms with Crippen LogP contribution in [0.4, 0.5) is 4.79 Å². The van der Waals surface area contributed by atoms with Gasteiger partial charge in [0.1, 0.15) is 11.7 Å². The van der Waals surface area contributed by atoms with Crippen molar-refractivity contribution in [3.63, 3.8) is 0 Å². The maximum atomic E-state index is 12.6. The maximum absolute atomic E-state index is 12.6. The third-order valence-corrected chi connectivity index (χ3v) is 5.88. The van der Waals surface area contributed by atoms with E-state index in [0.717, 1.165) is 11.1 Å². The van der Waals surface area contributed by atoms with Crippen molar-refractivity contribution >= 4 is 23.7 Å². The lowest BCUT2D eigenvalue weighted by molar-refractivity contribution is -0.129. The SMILES string of the molecule is CC(CCC(=O)NCC(=O)C(O)CCc1ccccc1)CNC(=O)c1cccc(CNC(=O)OC(C)(C)C)c1. The highest BCUT2D eigenvalue weighted by Crippen LogP contribution is 2.10. The van der Waals surface area contributed by atoms with Gasteiger partial charge in [-0.05, 0) is 69.2 Å². The van der Waals surface area contributed by atoms with Gasteiger partial charge in [0.05, 0.1) is 6.54 Å². The second-order valence-electron chi connectivity index (χ2n) is 10.7. The third kappa shape index (κ3) is 13.1. The second kappa shape index (κ2) is 15.6. The highest BCUT2D eigenvalue weighted by Gasteiger charge is 2.17. The monoisotopic (exact) mass is 539 g/mol. The standard InChI is InChI=1S/C30H41N3O6/c1-21(13-16-27(36)31-20-26(35)25(34)15-14-22-9-6-5-7-10-22)18-32-28(37)24-12-8-11-23(17-24)19-33-29(38)39-30(2,3)4/h5-12,17,21,25,34H,13-16,18-20H2,1-4H3,(H,31,36)(H,32,37)(H,33,38). The van der Waals surface area contributed by atoms with Gasteiger partial charge in [0.15, 0.2) is 5.78 Å². The summed E-state index contributed by atoms with van der Waals surface area (Å²) in [4.78, 5) is 48.7. The fourth-order valence-corrected chi connectivity index (χ4v) is 3.66. The fraction of sp³-hybridized carbons (Fsp3) is 0.467. The van der Waals surface area contributed by atoms with Crippen LogP contribution in [0.15, 0.2) is 54.6 Å². The minimum atomic E-state index is -1.12. The summed E-state index contributed by atoms with van der Waals surface area (Å²) in [5.74, 6) is -0.908. The minimum Gasteiger partial charge on any atom is -0.444 e. The second-order valence-corrected chi connectivity index (χ2v) is 10.7. The van der Waals surface area contributed by atoms with Gasteiger partial charge in [-0.1, -0.05) is 49.4 Å². The Morgan fingerprint density at radius 2 is 1.59 bits per heavy atom. The predicted molar refractivity (Wildman–Crippen MR) is 149 cm³/mol. The first-order valence-corrected chi connectivity index (χ1v) is 13.3. The Kier molecular flexibility index (Phi) is 12.6. The number of benzene rings is 2. The molecule has 2 aromatic rings. The van der Waals surface area contributed by atoms with E-state index in [1.54, 1.807) is 39.0 Å². The number of hydrogen-bond acceptors (Lipinski definition) is 6. The van der Waals surface area contributed by atoms with Crippen LogP contribution in [0.25, 0.3) is 0 Å². The molecule has 0 fully saturated rings. The molecular formula is C30H41N3O6. The van der Waals surface area contributed by atoms with Gasteiger partial charge in [0.2, 0.25) is 5.91 Å². The van der Waals surface area contributed by atoms with Crippen LogP contribution in [0.2, 0.25) is 0 Å². The van der Waals surface area contributed by atoms with E-state index in [-0.39, 0.29) is 37.2 Å². The lowest BCUT2D eigenvalue weighted by Crippen LogP contribution is -2.36. The van der Waals surface area contributed by atoms with Crippen molar-refractivity contribution in [2.75, 3.05) is 13.1 Å². The number of aliphatic hydroxyl groups is 1. The number of carbonyl (C=O) groups excluding carboxylic acids is 4. The highest BCUT2D eigenvalue weighted by molar-refractivity contribution is 5.94. The number of aryl methyl sites for hydroxylation is 1. The molecule has 0 aliphatic rings. The zero-order chi connectivity index (χ0) is 28.8. The number of amides is 3. The first kappa shape index (κ1) is 31.5. The maximum Gasteiger partial charge on any atom is 0.407 e. The van der Waals surface area contributed by atoms with Crippen LogP contribution in [0.5, 0.6) is 0 Å².